The van der Waals surface area contributed by atoms with E-state index in [9.17, 15) is 17.6 Å². The van der Waals surface area contributed by atoms with E-state index in [0.717, 1.165) is 16.7 Å². The van der Waals surface area contributed by atoms with Gasteiger partial charge in [0.2, 0.25) is 0 Å². The molecule has 5 nitrogen and oxygen atoms in total. The molecule has 156 valence electrons. The van der Waals surface area contributed by atoms with Gasteiger partial charge in [-0.15, -0.1) is 0 Å². The highest BCUT2D eigenvalue weighted by Crippen LogP contribution is 2.20. The van der Waals surface area contributed by atoms with Crippen molar-refractivity contribution in [1.29, 1.82) is 0 Å². The van der Waals surface area contributed by atoms with Gasteiger partial charge in [0, 0.05) is 24.8 Å². The second-order valence-corrected chi connectivity index (χ2v) is 8.90. The Kier molecular flexibility index (Phi) is 6.22. The number of hydrogen-bond donors (Lipinski definition) is 1. The summed E-state index contributed by atoms with van der Waals surface area (Å²) in [5, 5.41) is 0. The van der Waals surface area contributed by atoms with E-state index in [-0.39, 0.29) is 16.6 Å². The number of sulfonamides is 1. The first-order valence-corrected chi connectivity index (χ1v) is 10.8. The molecule has 0 aliphatic rings. The van der Waals surface area contributed by atoms with E-state index in [0.29, 0.717) is 17.8 Å². The van der Waals surface area contributed by atoms with Gasteiger partial charge >= 0.3 is 0 Å². The summed E-state index contributed by atoms with van der Waals surface area (Å²) in [4.78, 5) is 14.3. The zero-order valence-electron chi connectivity index (χ0n) is 17.0. The Morgan fingerprint density at radius 3 is 2.17 bits per heavy atom. The van der Waals surface area contributed by atoms with E-state index in [4.69, 9.17) is 0 Å². The number of carbonyl (C=O) groups is 1. The number of carbonyl (C=O) groups excluding carboxylic acids is 1. The van der Waals surface area contributed by atoms with Crippen molar-refractivity contribution in [1.82, 2.24) is 4.90 Å². The number of halogens is 1. The highest BCUT2D eigenvalue weighted by atomic mass is 32.2. The lowest BCUT2D eigenvalue weighted by atomic mass is 10.1. The molecule has 1 amide bonds. The minimum Gasteiger partial charge on any atom is -0.337 e. The van der Waals surface area contributed by atoms with Gasteiger partial charge in [-0.3, -0.25) is 9.52 Å². The monoisotopic (exact) mass is 426 g/mol. The standard InChI is InChI=1S/C23H23FN2O3S/c1-16-4-13-22(14-17(16)2)30(28,29)25-21-11-7-19(8-12-21)23(27)26(3)15-18-5-9-20(24)10-6-18/h4-14,25H,15H2,1-3H3. The van der Waals surface area contributed by atoms with Crippen LogP contribution in [-0.2, 0) is 16.6 Å². The molecule has 0 radical (unpaired) electrons. The number of nitrogens with zero attached hydrogens (tertiary/aromatic N) is 1. The minimum atomic E-state index is -3.72. The molecule has 0 aromatic heterocycles. The molecule has 0 bridgehead atoms. The van der Waals surface area contributed by atoms with Crippen LogP contribution >= 0.6 is 0 Å². The molecule has 1 N–H and O–H groups in total. The zero-order chi connectivity index (χ0) is 21.9. The number of hydrogen-bond acceptors (Lipinski definition) is 3. The molecule has 0 unspecified atom stereocenters. The normalized spacial score (nSPS) is 11.2. The molecule has 7 heteroatoms. The fraction of sp³-hybridized carbons (Fsp3) is 0.174. The summed E-state index contributed by atoms with van der Waals surface area (Å²) >= 11 is 0. The third-order valence-corrected chi connectivity index (χ3v) is 6.23. The molecule has 3 aromatic rings. The molecule has 0 heterocycles. The lowest BCUT2D eigenvalue weighted by Crippen LogP contribution is -2.26. The quantitative estimate of drug-likeness (QED) is 0.630. The van der Waals surface area contributed by atoms with Gasteiger partial charge in [-0.1, -0.05) is 18.2 Å². The summed E-state index contributed by atoms with van der Waals surface area (Å²) in [5.41, 5.74) is 3.51. The number of aryl methyl sites for hydroxylation is 2. The van der Waals surface area contributed by atoms with Gasteiger partial charge in [0.1, 0.15) is 5.82 Å². The molecule has 0 saturated carbocycles. The van der Waals surface area contributed by atoms with Gasteiger partial charge in [-0.2, -0.15) is 0 Å². The van der Waals surface area contributed by atoms with Crippen LogP contribution in [0.25, 0.3) is 0 Å². The highest BCUT2D eigenvalue weighted by Gasteiger charge is 2.16. The zero-order valence-corrected chi connectivity index (χ0v) is 17.8. The lowest BCUT2D eigenvalue weighted by molar-refractivity contribution is 0.0785. The molecule has 3 rings (SSSR count). The van der Waals surface area contributed by atoms with Crippen molar-refractivity contribution >= 4 is 21.6 Å². The van der Waals surface area contributed by atoms with Gasteiger partial charge < -0.3 is 4.90 Å². The third-order valence-electron chi connectivity index (χ3n) is 4.85. The number of rotatable bonds is 6. The number of nitrogens with one attached hydrogen (secondary N) is 1. The van der Waals surface area contributed by atoms with Crippen molar-refractivity contribution in [2.24, 2.45) is 0 Å². The van der Waals surface area contributed by atoms with E-state index in [2.05, 4.69) is 4.72 Å². The number of amides is 1. The van der Waals surface area contributed by atoms with Crippen molar-refractivity contribution in [2.45, 2.75) is 25.3 Å². The van der Waals surface area contributed by atoms with Gasteiger partial charge in [0.15, 0.2) is 0 Å². The van der Waals surface area contributed by atoms with Crippen molar-refractivity contribution in [3.8, 4) is 0 Å². The summed E-state index contributed by atoms with van der Waals surface area (Å²) in [6, 6.07) is 17.2. The Bertz CT molecular complexity index is 1160. The Labute approximate surface area is 176 Å². The van der Waals surface area contributed by atoms with Crippen LogP contribution in [0.15, 0.2) is 71.6 Å². The average molecular weight is 427 g/mol. The largest absolute Gasteiger partial charge is 0.337 e. The van der Waals surface area contributed by atoms with E-state index >= 15 is 0 Å². The molecular formula is C23H23FN2O3S. The molecule has 0 aliphatic carbocycles. The molecule has 0 aliphatic heterocycles. The van der Waals surface area contributed by atoms with Crippen LogP contribution in [0.3, 0.4) is 0 Å². The topological polar surface area (TPSA) is 66.5 Å². The lowest BCUT2D eigenvalue weighted by Gasteiger charge is -2.17. The summed E-state index contributed by atoms with van der Waals surface area (Å²) in [5.74, 6) is -0.547. The van der Waals surface area contributed by atoms with Crippen LogP contribution in [0.2, 0.25) is 0 Å². The van der Waals surface area contributed by atoms with Crippen molar-refractivity contribution < 1.29 is 17.6 Å². The molecular weight excluding hydrogens is 403 g/mol. The summed E-state index contributed by atoms with van der Waals surface area (Å²) < 4.78 is 40.8. The first kappa shape index (κ1) is 21.5. The molecule has 0 saturated heterocycles. The van der Waals surface area contributed by atoms with Gasteiger partial charge in [-0.05, 0) is 79.1 Å². The van der Waals surface area contributed by atoms with Crippen molar-refractivity contribution in [3.05, 3.63) is 94.8 Å². The van der Waals surface area contributed by atoms with E-state index in [1.54, 1.807) is 61.6 Å². The van der Waals surface area contributed by atoms with Gasteiger partial charge in [-0.25, -0.2) is 12.8 Å². The second kappa shape index (κ2) is 8.67. The SMILES string of the molecule is Cc1ccc(S(=O)(=O)Nc2ccc(C(=O)N(C)Cc3ccc(F)cc3)cc2)cc1C. The Balaban J connectivity index is 1.69. The molecule has 0 spiro atoms. The van der Waals surface area contributed by atoms with E-state index in [1.165, 1.54) is 17.0 Å². The van der Waals surface area contributed by atoms with Crippen LogP contribution in [0.4, 0.5) is 10.1 Å². The Hall–Kier alpha value is -3.19. The Morgan fingerprint density at radius 2 is 1.57 bits per heavy atom. The summed E-state index contributed by atoms with van der Waals surface area (Å²) in [7, 11) is -2.07. The molecule has 0 atom stereocenters. The fourth-order valence-corrected chi connectivity index (χ4v) is 4.08. The van der Waals surface area contributed by atoms with Gasteiger partial charge in [0.25, 0.3) is 15.9 Å². The third kappa shape index (κ3) is 5.04. The smallest absolute Gasteiger partial charge is 0.261 e. The maximum Gasteiger partial charge on any atom is 0.261 e. The summed E-state index contributed by atoms with van der Waals surface area (Å²) in [6.07, 6.45) is 0. The average Bonchev–Trinajstić information content (AvgIpc) is 2.71. The Morgan fingerprint density at radius 1 is 0.933 bits per heavy atom. The predicted octanol–water partition coefficient (Wildman–Crippen LogP) is 4.52. The first-order chi connectivity index (χ1) is 14.2. The second-order valence-electron chi connectivity index (χ2n) is 7.22. The van der Waals surface area contributed by atoms with E-state index < -0.39 is 10.0 Å². The molecule has 3 aromatic carbocycles. The van der Waals surface area contributed by atoms with Crippen molar-refractivity contribution in [2.75, 3.05) is 11.8 Å². The fourth-order valence-electron chi connectivity index (χ4n) is 2.93. The van der Waals surface area contributed by atoms with Crippen LogP contribution in [0.5, 0.6) is 0 Å². The molecule has 0 fully saturated rings. The van der Waals surface area contributed by atoms with Crippen LogP contribution in [0, 0.1) is 19.7 Å². The highest BCUT2D eigenvalue weighted by molar-refractivity contribution is 7.92. The first-order valence-electron chi connectivity index (χ1n) is 9.36. The van der Waals surface area contributed by atoms with E-state index in [1.807, 2.05) is 13.8 Å². The predicted molar refractivity (Wildman–Crippen MR) is 115 cm³/mol. The van der Waals surface area contributed by atoms with Crippen LogP contribution in [-0.4, -0.2) is 26.3 Å². The number of benzene rings is 3. The number of anilines is 1. The maximum atomic E-state index is 13.0. The van der Waals surface area contributed by atoms with Crippen LogP contribution < -0.4 is 4.72 Å². The van der Waals surface area contributed by atoms with Crippen molar-refractivity contribution in [3.63, 3.8) is 0 Å². The van der Waals surface area contributed by atoms with Crippen LogP contribution in [0.1, 0.15) is 27.0 Å². The molecule has 30 heavy (non-hydrogen) atoms. The maximum absolute atomic E-state index is 13.0. The minimum absolute atomic E-state index is 0.185. The summed E-state index contributed by atoms with van der Waals surface area (Å²) in [6.45, 7) is 4.11. The van der Waals surface area contributed by atoms with Gasteiger partial charge in [0.05, 0.1) is 4.90 Å².